The number of imidazole rings is 1. The minimum atomic E-state index is 0.353. The van der Waals surface area contributed by atoms with Crippen molar-refractivity contribution < 1.29 is 0 Å². The Morgan fingerprint density at radius 2 is 1.90 bits per heavy atom. The summed E-state index contributed by atoms with van der Waals surface area (Å²) >= 11 is 14.9. The molecule has 0 atom stereocenters. The molecule has 0 aliphatic carbocycles. The van der Waals surface area contributed by atoms with Gasteiger partial charge in [-0.3, -0.25) is 4.57 Å². The maximum Gasteiger partial charge on any atom is 0.190 e. The Hall–Kier alpha value is -1.37. The second kappa shape index (κ2) is 5.55. The predicted octanol–water partition coefficient (Wildman–Crippen LogP) is 3.75. The van der Waals surface area contributed by atoms with E-state index in [1.807, 2.05) is 34.9 Å². The SMILES string of the molecule is ClN(Cl)c1ncnc2c1nc(Br)n2Cc1ccccc1. The van der Waals surface area contributed by atoms with Crippen LogP contribution in [0.5, 0.6) is 0 Å². The number of aromatic nitrogens is 4. The molecule has 5 nitrogen and oxygen atoms in total. The van der Waals surface area contributed by atoms with Crippen LogP contribution >= 0.6 is 39.5 Å². The molecule has 102 valence electrons. The molecule has 0 aliphatic heterocycles. The number of anilines is 1. The van der Waals surface area contributed by atoms with E-state index in [-0.39, 0.29) is 0 Å². The summed E-state index contributed by atoms with van der Waals surface area (Å²) in [5.41, 5.74) is 2.35. The molecule has 0 radical (unpaired) electrons. The van der Waals surface area contributed by atoms with Gasteiger partial charge in [0, 0.05) is 23.6 Å². The molecule has 0 fully saturated rings. The second-order valence-corrected chi connectivity index (χ2v) is 5.61. The molecule has 2 heterocycles. The van der Waals surface area contributed by atoms with Gasteiger partial charge >= 0.3 is 0 Å². The molecule has 0 aliphatic rings. The van der Waals surface area contributed by atoms with Gasteiger partial charge in [0.15, 0.2) is 21.7 Å². The Morgan fingerprint density at radius 3 is 2.60 bits per heavy atom. The highest BCUT2D eigenvalue weighted by Gasteiger charge is 2.17. The van der Waals surface area contributed by atoms with Crippen molar-refractivity contribution in [2.75, 3.05) is 3.94 Å². The van der Waals surface area contributed by atoms with Crippen molar-refractivity contribution in [3.05, 3.63) is 47.0 Å². The molecule has 20 heavy (non-hydrogen) atoms. The fourth-order valence-corrected chi connectivity index (χ4v) is 2.65. The lowest BCUT2D eigenvalue weighted by Crippen LogP contribution is -2.02. The average molecular weight is 373 g/mol. The van der Waals surface area contributed by atoms with E-state index in [0.717, 1.165) is 9.50 Å². The molecular formula is C12H8BrCl2N5. The van der Waals surface area contributed by atoms with E-state index < -0.39 is 0 Å². The van der Waals surface area contributed by atoms with Crippen molar-refractivity contribution in [3.8, 4) is 0 Å². The first kappa shape index (κ1) is 13.6. The van der Waals surface area contributed by atoms with Crippen molar-refractivity contribution in [2.24, 2.45) is 0 Å². The molecule has 0 N–H and O–H groups in total. The zero-order valence-corrected chi connectivity index (χ0v) is 13.1. The molecule has 3 rings (SSSR count). The van der Waals surface area contributed by atoms with Crippen LogP contribution in [-0.2, 0) is 6.54 Å². The highest BCUT2D eigenvalue weighted by Crippen LogP contribution is 2.28. The van der Waals surface area contributed by atoms with Gasteiger partial charge in [0.05, 0.1) is 6.54 Å². The second-order valence-electron chi connectivity index (χ2n) is 4.05. The van der Waals surface area contributed by atoms with Crippen molar-refractivity contribution in [3.63, 3.8) is 0 Å². The molecule has 0 spiro atoms. The number of nitrogens with zero attached hydrogens (tertiary/aromatic N) is 5. The highest BCUT2D eigenvalue weighted by molar-refractivity contribution is 9.10. The number of halogens is 3. The summed E-state index contributed by atoms with van der Waals surface area (Å²) in [5.74, 6) is 0.353. The first-order chi connectivity index (χ1) is 9.66. The fraction of sp³-hybridized carbons (Fsp3) is 0.0833. The van der Waals surface area contributed by atoms with Gasteiger partial charge in [-0.05, 0) is 21.5 Å². The van der Waals surface area contributed by atoms with Gasteiger partial charge in [-0.15, -0.1) is 0 Å². The van der Waals surface area contributed by atoms with Crippen LogP contribution in [0.1, 0.15) is 5.56 Å². The Kier molecular flexibility index (Phi) is 3.78. The van der Waals surface area contributed by atoms with E-state index in [1.165, 1.54) is 6.33 Å². The van der Waals surface area contributed by atoms with Gasteiger partial charge in [0.1, 0.15) is 6.33 Å². The lowest BCUT2D eigenvalue weighted by atomic mass is 10.2. The van der Waals surface area contributed by atoms with E-state index in [2.05, 4.69) is 30.9 Å². The molecule has 3 aromatic rings. The van der Waals surface area contributed by atoms with Crippen LogP contribution in [0, 0.1) is 0 Å². The van der Waals surface area contributed by atoms with Crippen LogP contribution < -0.4 is 3.94 Å². The molecule has 2 aromatic heterocycles. The van der Waals surface area contributed by atoms with E-state index in [9.17, 15) is 0 Å². The van der Waals surface area contributed by atoms with Crippen LogP contribution in [0.3, 0.4) is 0 Å². The number of benzene rings is 1. The summed E-state index contributed by atoms with van der Waals surface area (Å²) in [6.07, 6.45) is 1.41. The summed E-state index contributed by atoms with van der Waals surface area (Å²) in [5, 5.41) is 0. The van der Waals surface area contributed by atoms with Gasteiger partial charge in [0.2, 0.25) is 0 Å². The van der Waals surface area contributed by atoms with E-state index in [0.29, 0.717) is 28.3 Å². The molecule has 8 heteroatoms. The number of fused-ring (bicyclic) bond motifs is 1. The van der Waals surface area contributed by atoms with Crippen LogP contribution in [-0.4, -0.2) is 19.5 Å². The van der Waals surface area contributed by atoms with Crippen LogP contribution in [0.25, 0.3) is 11.2 Å². The third-order valence-corrected chi connectivity index (χ3v) is 3.74. The van der Waals surface area contributed by atoms with Crippen LogP contribution in [0.4, 0.5) is 5.82 Å². The van der Waals surface area contributed by atoms with Crippen molar-refractivity contribution in [1.29, 1.82) is 0 Å². The Bertz CT molecular complexity index is 744. The number of hydrogen-bond acceptors (Lipinski definition) is 4. The summed E-state index contributed by atoms with van der Waals surface area (Å²) < 4.78 is 3.46. The van der Waals surface area contributed by atoms with Crippen LogP contribution in [0.15, 0.2) is 41.4 Å². The third-order valence-electron chi connectivity index (χ3n) is 2.81. The van der Waals surface area contributed by atoms with Crippen LogP contribution in [0.2, 0.25) is 0 Å². The van der Waals surface area contributed by atoms with Gasteiger partial charge in [-0.2, -0.15) is 3.94 Å². The minimum Gasteiger partial charge on any atom is -0.299 e. The molecule has 0 unspecified atom stereocenters. The van der Waals surface area contributed by atoms with Gasteiger partial charge in [0.25, 0.3) is 0 Å². The minimum absolute atomic E-state index is 0.353. The first-order valence-electron chi connectivity index (χ1n) is 5.69. The summed E-state index contributed by atoms with van der Waals surface area (Å²) in [6, 6.07) is 10.0. The van der Waals surface area contributed by atoms with Crippen molar-refractivity contribution in [2.45, 2.75) is 6.54 Å². The maximum atomic E-state index is 5.75. The molecule has 0 bridgehead atoms. The predicted molar refractivity (Wildman–Crippen MR) is 82.8 cm³/mol. The lowest BCUT2D eigenvalue weighted by Gasteiger charge is -2.06. The summed E-state index contributed by atoms with van der Waals surface area (Å²) in [7, 11) is 0. The average Bonchev–Trinajstić information content (AvgIpc) is 2.76. The van der Waals surface area contributed by atoms with Crippen molar-refractivity contribution in [1.82, 2.24) is 19.5 Å². The largest absolute Gasteiger partial charge is 0.299 e. The Balaban J connectivity index is 2.12. The quantitative estimate of drug-likeness (QED) is 0.518. The van der Waals surface area contributed by atoms with Gasteiger partial charge in [-0.1, -0.05) is 30.3 Å². The highest BCUT2D eigenvalue weighted by atomic mass is 79.9. The molecule has 0 saturated heterocycles. The third kappa shape index (κ3) is 2.46. The van der Waals surface area contributed by atoms with Gasteiger partial charge in [-0.25, -0.2) is 15.0 Å². The zero-order valence-electron chi connectivity index (χ0n) is 10.0. The summed E-state index contributed by atoms with van der Waals surface area (Å²) in [6.45, 7) is 0.638. The maximum absolute atomic E-state index is 5.75. The zero-order chi connectivity index (χ0) is 14.1. The first-order valence-corrected chi connectivity index (χ1v) is 7.16. The Morgan fingerprint density at radius 1 is 1.15 bits per heavy atom. The molecule has 1 aromatic carbocycles. The summed E-state index contributed by atoms with van der Waals surface area (Å²) in [4.78, 5) is 12.7. The van der Waals surface area contributed by atoms with E-state index in [1.54, 1.807) is 0 Å². The molecule has 0 saturated carbocycles. The fourth-order valence-electron chi connectivity index (χ4n) is 1.93. The monoisotopic (exact) mass is 371 g/mol. The van der Waals surface area contributed by atoms with E-state index in [4.69, 9.17) is 23.6 Å². The Labute approximate surface area is 133 Å². The molecule has 0 amide bonds. The standard InChI is InChI=1S/C12H8BrCl2N5/c13-12-18-9-10(16-7-17-11(9)20(14)15)19(12)6-8-4-2-1-3-5-8/h1-5,7H,6H2. The number of rotatable bonds is 3. The van der Waals surface area contributed by atoms with E-state index >= 15 is 0 Å². The van der Waals surface area contributed by atoms with Crippen molar-refractivity contribution >= 4 is 56.5 Å². The van der Waals surface area contributed by atoms with Gasteiger partial charge < -0.3 is 0 Å². The number of hydrogen-bond donors (Lipinski definition) is 0. The normalized spacial score (nSPS) is 10.9. The smallest absolute Gasteiger partial charge is 0.190 e. The lowest BCUT2D eigenvalue weighted by molar-refractivity contribution is 0.790. The topological polar surface area (TPSA) is 46.8 Å². The molecular weight excluding hydrogens is 365 g/mol.